The zero-order valence-corrected chi connectivity index (χ0v) is 16.2. The van der Waals surface area contributed by atoms with Crippen LogP contribution >= 0.6 is 0 Å². The third kappa shape index (κ3) is 4.01. The number of esters is 2. The van der Waals surface area contributed by atoms with Crippen molar-refractivity contribution in [2.75, 3.05) is 14.2 Å². The molecule has 1 fully saturated rings. The van der Waals surface area contributed by atoms with Crippen molar-refractivity contribution in [1.29, 1.82) is 0 Å². The third-order valence-corrected chi connectivity index (χ3v) is 5.44. The summed E-state index contributed by atoms with van der Waals surface area (Å²) in [7, 11) is 1.90. The molecular formula is C20H25F3O5. The summed E-state index contributed by atoms with van der Waals surface area (Å²) in [5.74, 6) is -2.56. The average molecular weight is 402 g/mol. The van der Waals surface area contributed by atoms with E-state index in [-0.39, 0.29) is 0 Å². The molecule has 1 aliphatic rings. The Morgan fingerprint density at radius 3 is 2.07 bits per heavy atom. The topological polar surface area (TPSA) is 61.8 Å². The van der Waals surface area contributed by atoms with Gasteiger partial charge in [0, 0.05) is 18.1 Å². The highest BCUT2D eigenvalue weighted by Gasteiger charge is 2.65. The predicted molar refractivity (Wildman–Crippen MR) is 94.3 cm³/mol. The maximum absolute atomic E-state index is 14.0. The predicted octanol–water partition coefficient (Wildman–Crippen LogP) is 4.15. The van der Waals surface area contributed by atoms with Gasteiger partial charge in [-0.05, 0) is 12.8 Å². The van der Waals surface area contributed by atoms with Gasteiger partial charge in [0.05, 0.1) is 7.11 Å². The molecule has 2 atom stereocenters. The van der Waals surface area contributed by atoms with Gasteiger partial charge in [-0.2, -0.15) is 13.2 Å². The lowest BCUT2D eigenvalue weighted by molar-refractivity contribution is -0.280. The van der Waals surface area contributed by atoms with Crippen LogP contribution in [-0.2, 0) is 29.4 Å². The number of methoxy groups -OCH3 is 2. The molecule has 0 radical (unpaired) electrons. The molecule has 2 rings (SSSR count). The van der Waals surface area contributed by atoms with Gasteiger partial charge in [0.2, 0.25) is 6.10 Å². The molecule has 0 unspecified atom stereocenters. The Labute approximate surface area is 162 Å². The summed E-state index contributed by atoms with van der Waals surface area (Å²) >= 11 is 0. The zero-order chi connectivity index (χ0) is 21.0. The van der Waals surface area contributed by atoms with Gasteiger partial charge in [-0.3, -0.25) is 0 Å². The first-order valence-corrected chi connectivity index (χ1v) is 9.08. The van der Waals surface area contributed by atoms with Crippen LogP contribution in [-0.4, -0.2) is 38.4 Å². The molecule has 0 bridgehead atoms. The molecule has 1 saturated carbocycles. The number of alkyl halides is 3. The molecule has 0 saturated heterocycles. The van der Waals surface area contributed by atoms with E-state index in [0.29, 0.717) is 12.8 Å². The largest absolute Gasteiger partial charge is 0.466 e. The smallest absolute Gasteiger partial charge is 0.432 e. The van der Waals surface area contributed by atoms with Crippen LogP contribution in [0.2, 0.25) is 0 Å². The van der Waals surface area contributed by atoms with Crippen molar-refractivity contribution in [3.05, 3.63) is 35.9 Å². The molecule has 1 aromatic rings. The van der Waals surface area contributed by atoms with Crippen LogP contribution in [0, 0.1) is 5.41 Å². The summed E-state index contributed by atoms with van der Waals surface area (Å²) in [5.41, 5.74) is -4.57. The molecule has 0 aromatic heterocycles. The zero-order valence-electron chi connectivity index (χ0n) is 16.2. The van der Waals surface area contributed by atoms with Crippen molar-refractivity contribution in [3.8, 4) is 0 Å². The Bertz CT molecular complexity index is 683. The first kappa shape index (κ1) is 22.2. The Morgan fingerprint density at radius 2 is 1.61 bits per heavy atom. The number of hydrogen-bond acceptors (Lipinski definition) is 5. The standard InChI is InChI=1S/C20H25F3O5/c1-18(12-8-5-9-13-18)15(16(24)26-2)28-17(25)19(27-3,20(21,22)23)14-10-6-4-7-11-14/h4,6-7,10-11,15H,5,8-9,12-13H2,1-3H3/t15-,19-/m0/s1. The number of halogens is 3. The monoisotopic (exact) mass is 402 g/mol. The first-order valence-electron chi connectivity index (χ1n) is 9.08. The lowest BCUT2D eigenvalue weighted by atomic mass is 9.71. The van der Waals surface area contributed by atoms with E-state index in [1.165, 1.54) is 18.2 Å². The summed E-state index contributed by atoms with van der Waals surface area (Å²) in [6.07, 6.45) is -2.95. The van der Waals surface area contributed by atoms with Crippen LogP contribution in [0.25, 0.3) is 0 Å². The van der Waals surface area contributed by atoms with Gasteiger partial charge < -0.3 is 14.2 Å². The molecule has 0 aliphatic heterocycles. The highest BCUT2D eigenvalue weighted by Crippen LogP contribution is 2.46. The van der Waals surface area contributed by atoms with E-state index in [9.17, 15) is 22.8 Å². The molecule has 0 heterocycles. The van der Waals surface area contributed by atoms with E-state index in [4.69, 9.17) is 14.2 Å². The molecular weight excluding hydrogens is 377 g/mol. The lowest BCUT2D eigenvalue weighted by Gasteiger charge is -2.40. The molecule has 156 valence electrons. The van der Waals surface area contributed by atoms with Crippen molar-refractivity contribution in [2.45, 2.75) is 56.9 Å². The Kier molecular flexibility index (Phi) is 6.75. The van der Waals surface area contributed by atoms with Crippen LogP contribution in [0.15, 0.2) is 30.3 Å². The number of rotatable bonds is 6. The fourth-order valence-electron chi connectivity index (χ4n) is 3.78. The lowest BCUT2D eigenvalue weighted by Crippen LogP contribution is -2.55. The minimum atomic E-state index is -5.10. The fourth-order valence-corrected chi connectivity index (χ4v) is 3.78. The van der Waals surface area contributed by atoms with Crippen molar-refractivity contribution in [3.63, 3.8) is 0 Å². The van der Waals surface area contributed by atoms with Gasteiger partial charge >= 0.3 is 18.1 Å². The molecule has 0 spiro atoms. The number of carbonyl (C=O) groups excluding carboxylic acids is 2. The summed E-state index contributed by atoms with van der Waals surface area (Å²) in [4.78, 5) is 25.2. The van der Waals surface area contributed by atoms with E-state index >= 15 is 0 Å². The summed E-state index contributed by atoms with van der Waals surface area (Å²) in [6, 6.07) is 6.51. The molecule has 1 aliphatic carbocycles. The van der Waals surface area contributed by atoms with Crippen molar-refractivity contribution >= 4 is 11.9 Å². The Morgan fingerprint density at radius 1 is 1.04 bits per heavy atom. The molecule has 5 nitrogen and oxygen atoms in total. The highest BCUT2D eigenvalue weighted by atomic mass is 19.4. The molecule has 0 amide bonds. The van der Waals surface area contributed by atoms with E-state index < -0.39 is 40.8 Å². The van der Waals surface area contributed by atoms with Crippen molar-refractivity contribution < 1.29 is 37.0 Å². The summed E-state index contributed by atoms with van der Waals surface area (Å²) in [6.45, 7) is 1.73. The van der Waals surface area contributed by atoms with Gasteiger partial charge in [0.25, 0.3) is 5.60 Å². The second-order valence-corrected chi connectivity index (χ2v) is 7.27. The van der Waals surface area contributed by atoms with Gasteiger partial charge in [0.15, 0.2) is 0 Å². The quantitative estimate of drug-likeness (QED) is 0.669. The van der Waals surface area contributed by atoms with Gasteiger partial charge in [-0.1, -0.05) is 56.5 Å². The van der Waals surface area contributed by atoms with Crippen LogP contribution in [0.1, 0.15) is 44.6 Å². The molecule has 1 aromatic carbocycles. The molecule has 0 N–H and O–H groups in total. The van der Waals surface area contributed by atoms with Crippen LogP contribution in [0.3, 0.4) is 0 Å². The SMILES string of the molecule is COC(=O)[C@H](OC(=O)[C@@](OC)(c1ccccc1)C(F)(F)F)C1(C)CCCCC1. The van der Waals surface area contributed by atoms with E-state index in [2.05, 4.69) is 0 Å². The summed E-state index contributed by atoms with van der Waals surface area (Å²) < 4.78 is 56.8. The van der Waals surface area contributed by atoms with Crippen LogP contribution < -0.4 is 0 Å². The van der Waals surface area contributed by atoms with Gasteiger partial charge in [-0.25, -0.2) is 9.59 Å². The van der Waals surface area contributed by atoms with E-state index in [1.807, 2.05) is 0 Å². The second-order valence-electron chi connectivity index (χ2n) is 7.27. The van der Waals surface area contributed by atoms with E-state index in [1.54, 1.807) is 6.92 Å². The maximum Gasteiger partial charge on any atom is 0.432 e. The number of hydrogen-bond donors (Lipinski definition) is 0. The van der Waals surface area contributed by atoms with Crippen LogP contribution in [0.4, 0.5) is 13.2 Å². The average Bonchev–Trinajstić information content (AvgIpc) is 2.66. The first-order chi connectivity index (χ1) is 13.1. The highest BCUT2D eigenvalue weighted by molar-refractivity contribution is 5.86. The minimum Gasteiger partial charge on any atom is -0.466 e. The normalized spacial score (nSPS) is 19.9. The fraction of sp³-hybridized carbons (Fsp3) is 0.600. The summed E-state index contributed by atoms with van der Waals surface area (Å²) in [5, 5.41) is 0. The van der Waals surface area contributed by atoms with Crippen molar-refractivity contribution in [1.82, 2.24) is 0 Å². The maximum atomic E-state index is 14.0. The molecule has 8 heteroatoms. The second kappa shape index (κ2) is 8.51. The number of carbonyl (C=O) groups is 2. The van der Waals surface area contributed by atoms with E-state index in [0.717, 1.165) is 45.6 Å². The van der Waals surface area contributed by atoms with Crippen molar-refractivity contribution in [2.24, 2.45) is 5.41 Å². The number of benzene rings is 1. The Hall–Kier alpha value is -2.09. The third-order valence-electron chi connectivity index (χ3n) is 5.44. The number of ether oxygens (including phenoxy) is 3. The molecule has 28 heavy (non-hydrogen) atoms. The van der Waals surface area contributed by atoms with Crippen LogP contribution in [0.5, 0.6) is 0 Å². The Balaban J connectivity index is 2.46. The van der Waals surface area contributed by atoms with Gasteiger partial charge in [-0.15, -0.1) is 0 Å². The van der Waals surface area contributed by atoms with Gasteiger partial charge in [0.1, 0.15) is 0 Å². The minimum absolute atomic E-state index is 0.424.